The molecule has 2 aromatic carbocycles. The first-order chi connectivity index (χ1) is 11.7. The summed E-state index contributed by atoms with van der Waals surface area (Å²) in [6.45, 7) is 0. The van der Waals surface area contributed by atoms with Crippen molar-refractivity contribution >= 4 is 12.3 Å². The molecular weight excluding hydrogens is 304 g/mol. The highest BCUT2D eigenvalue weighted by molar-refractivity contribution is 5.79. The standard InChI is InChI=1S/C17H14N6O/c1-23-21-16(20-22-23)17(10-13-4-2-3-5-15(13)19-17)14-8-6-12(7-9-14)11-18-24/h2-11,24H,1H3. The Morgan fingerprint density at radius 3 is 2.58 bits per heavy atom. The molecule has 0 saturated carbocycles. The number of aryl methyl sites for hydroxylation is 1. The van der Waals surface area contributed by atoms with Gasteiger partial charge < -0.3 is 5.21 Å². The smallest absolute Gasteiger partial charge is 0.210 e. The molecule has 24 heavy (non-hydrogen) atoms. The van der Waals surface area contributed by atoms with Crippen LogP contribution >= 0.6 is 0 Å². The van der Waals surface area contributed by atoms with E-state index >= 15 is 0 Å². The minimum absolute atomic E-state index is 0.518. The minimum Gasteiger partial charge on any atom is -0.411 e. The van der Waals surface area contributed by atoms with E-state index in [9.17, 15) is 0 Å². The highest BCUT2D eigenvalue weighted by atomic mass is 16.4. The fourth-order valence-corrected chi connectivity index (χ4v) is 2.88. The Hall–Kier alpha value is -3.35. The largest absolute Gasteiger partial charge is 0.411 e. The van der Waals surface area contributed by atoms with Gasteiger partial charge in [0.15, 0.2) is 5.54 Å². The van der Waals surface area contributed by atoms with Crippen molar-refractivity contribution < 1.29 is 5.21 Å². The van der Waals surface area contributed by atoms with Gasteiger partial charge in [-0.05, 0) is 33.7 Å². The molecular formula is C17H14N6O. The summed E-state index contributed by atoms with van der Waals surface area (Å²) in [7, 11) is 1.73. The van der Waals surface area contributed by atoms with Crippen LogP contribution in [0.15, 0.2) is 58.7 Å². The number of benzene rings is 2. The van der Waals surface area contributed by atoms with E-state index in [1.165, 1.54) is 11.0 Å². The second kappa shape index (κ2) is 5.38. The Balaban J connectivity index is 1.94. The monoisotopic (exact) mass is 318 g/mol. The van der Waals surface area contributed by atoms with Gasteiger partial charge in [0.05, 0.1) is 18.6 Å². The SMILES string of the molecule is Cn1nnc(C2(c3ccc(C=NO)cc3)C=c3ccccc3=N2)n1. The number of hydrogen-bond donors (Lipinski definition) is 1. The van der Waals surface area contributed by atoms with E-state index in [0.29, 0.717) is 5.82 Å². The summed E-state index contributed by atoms with van der Waals surface area (Å²) in [4.78, 5) is 6.32. The van der Waals surface area contributed by atoms with Crippen LogP contribution < -0.4 is 10.6 Å². The average molecular weight is 318 g/mol. The molecule has 0 amide bonds. The van der Waals surface area contributed by atoms with Crippen molar-refractivity contribution in [3.63, 3.8) is 0 Å². The van der Waals surface area contributed by atoms with Crippen LogP contribution in [-0.2, 0) is 12.6 Å². The Morgan fingerprint density at radius 2 is 1.92 bits per heavy atom. The molecule has 1 unspecified atom stereocenters. The predicted molar refractivity (Wildman–Crippen MR) is 87.1 cm³/mol. The normalized spacial score (nSPS) is 19.0. The molecule has 7 nitrogen and oxygen atoms in total. The molecule has 118 valence electrons. The van der Waals surface area contributed by atoms with Gasteiger partial charge in [0.25, 0.3) is 0 Å². The van der Waals surface area contributed by atoms with E-state index in [-0.39, 0.29) is 0 Å². The van der Waals surface area contributed by atoms with E-state index in [1.54, 1.807) is 7.05 Å². The Bertz CT molecular complexity index is 1000. The third-order valence-electron chi connectivity index (χ3n) is 4.00. The van der Waals surface area contributed by atoms with Crippen molar-refractivity contribution in [2.24, 2.45) is 17.2 Å². The predicted octanol–water partition coefficient (Wildman–Crippen LogP) is 0.376. The summed E-state index contributed by atoms with van der Waals surface area (Å²) >= 11 is 0. The molecule has 1 aliphatic heterocycles. The quantitative estimate of drug-likeness (QED) is 0.429. The zero-order valence-corrected chi connectivity index (χ0v) is 12.9. The van der Waals surface area contributed by atoms with Crippen molar-refractivity contribution in [1.82, 2.24) is 20.2 Å². The number of fused-ring (bicyclic) bond motifs is 1. The summed E-state index contributed by atoms with van der Waals surface area (Å²) in [5.41, 5.74) is 0.896. The van der Waals surface area contributed by atoms with Crippen LogP contribution in [0.25, 0.3) is 6.08 Å². The summed E-state index contributed by atoms with van der Waals surface area (Å²) in [6, 6.07) is 15.5. The number of rotatable bonds is 3. The lowest BCUT2D eigenvalue weighted by Crippen LogP contribution is -2.24. The fourth-order valence-electron chi connectivity index (χ4n) is 2.88. The molecule has 1 aliphatic rings. The molecule has 3 aromatic rings. The van der Waals surface area contributed by atoms with Crippen molar-refractivity contribution in [2.75, 3.05) is 0 Å². The third kappa shape index (κ3) is 2.18. The van der Waals surface area contributed by atoms with Crippen molar-refractivity contribution in [1.29, 1.82) is 0 Å². The van der Waals surface area contributed by atoms with Gasteiger partial charge in [-0.3, -0.25) is 4.99 Å². The maximum absolute atomic E-state index is 8.66. The van der Waals surface area contributed by atoms with Crippen LogP contribution in [0.5, 0.6) is 0 Å². The lowest BCUT2D eigenvalue weighted by Gasteiger charge is -2.21. The molecule has 0 fully saturated rings. The number of tetrazole rings is 1. The molecule has 4 rings (SSSR count). The van der Waals surface area contributed by atoms with Crippen molar-refractivity contribution in [3.8, 4) is 0 Å². The van der Waals surface area contributed by atoms with Crippen molar-refractivity contribution in [2.45, 2.75) is 5.54 Å². The third-order valence-corrected chi connectivity index (χ3v) is 4.00. The van der Waals surface area contributed by atoms with Crippen molar-refractivity contribution in [3.05, 3.63) is 76.1 Å². The molecule has 0 aliphatic carbocycles. The number of nitrogens with zero attached hydrogens (tertiary/aromatic N) is 6. The van der Waals surface area contributed by atoms with Crippen LogP contribution in [0.3, 0.4) is 0 Å². The fraction of sp³-hybridized carbons (Fsp3) is 0.118. The molecule has 7 heteroatoms. The van der Waals surface area contributed by atoms with Crippen LogP contribution in [0.2, 0.25) is 0 Å². The van der Waals surface area contributed by atoms with Gasteiger partial charge in [0.1, 0.15) is 0 Å². The van der Waals surface area contributed by atoms with Gasteiger partial charge in [-0.15, -0.1) is 10.2 Å². The van der Waals surface area contributed by atoms with E-state index in [1.807, 2.05) is 48.5 Å². The zero-order valence-electron chi connectivity index (χ0n) is 12.9. The van der Waals surface area contributed by atoms with Crippen LogP contribution in [-0.4, -0.2) is 31.6 Å². The maximum atomic E-state index is 8.66. The second-order valence-electron chi connectivity index (χ2n) is 5.55. The number of hydrogen-bond acceptors (Lipinski definition) is 6. The summed E-state index contributed by atoms with van der Waals surface area (Å²) in [5, 5.41) is 26.2. The summed E-state index contributed by atoms with van der Waals surface area (Å²) < 4.78 is 0. The van der Waals surface area contributed by atoms with Crippen LogP contribution in [0, 0.1) is 0 Å². The maximum Gasteiger partial charge on any atom is 0.210 e. The van der Waals surface area contributed by atoms with E-state index in [4.69, 9.17) is 10.2 Å². The molecule has 1 N–H and O–H groups in total. The van der Waals surface area contributed by atoms with Crippen LogP contribution in [0.4, 0.5) is 0 Å². The Morgan fingerprint density at radius 1 is 1.12 bits per heavy atom. The molecule has 0 bridgehead atoms. The first kappa shape index (κ1) is 14.3. The van der Waals surface area contributed by atoms with Gasteiger partial charge in [-0.2, -0.15) is 4.80 Å². The molecule has 0 spiro atoms. The van der Waals surface area contributed by atoms with E-state index < -0.39 is 5.54 Å². The van der Waals surface area contributed by atoms with E-state index in [2.05, 4.69) is 26.6 Å². The number of aromatic nitrogens is 4. The lowest BCUT2D eigenvalue weighted by molar-refractivity contribution is 0.322. The highest BCUT2D eigenvalue weighted by Crippen LogP contribution is 2.34. The second-order valence-corrected chi connectivity index (χ2v) is 5.55. The van der Waals surface area contributed by atoms with Gasteiger partial charge in [-0.1, -0.05) is 47.6 Å². The van der Waals surface area contributed by atoms with Gasteiger partial charge >= 0.3 is 0 Å². The first-order valence-electron chi connectivity index (χ1n) is 7.41. The molecule has 2 heterocycles. The summed E-state index contributed by atoms with van der Waals surface area (Å²) in [6.07, 6.45) is 3.43. The lowest BCUT2D eigenvalue weighted by atomic mass is 9.89. The summed E-state index contributed by atoms with van der Waals surface area (Å²) in [5.74, 6) is 0.518. The van der Waals surface area contributed by atoms with Gasteiger partial charge in [0, 0.05) is 0 Å². The molecule has 1 atom stereocenters. The van der Waals surface area contributed by atoms with Gasteiger partial charge in [-0.25, -0.2) is 0 Å². The minimum atomic E-state index is -0.813. The Kier molecular flexibility index (Phi) is 3.19. The van der Waals surface area contributed by atoms with Crippen LogP contribution in [0.1, 0.15) is 17.0 Å². The molecule has 0 radical (unpaired) electrons. The first-order valence-corrected chi connectivity index (χ1v) is 7.41. The highest BCUT2D eigenvalue weighted by Gasteiger charge is 2.38. The van der Waals surface area contributed by atoms with E-state index in [0.717, 1.165) is 21.7 Å². The Labute approximate surface area is 137 Å². The molecule has 1 aromatic heterocycles. The zero-order chi connectivity index (χ0) is 16.6. The number of oxime groups is 1. The molecule has 0 saturated heterocycles. The topological polar surface area (TPSA) is 88.5 Å². The average Bonchev–Trinajstić information content (AvgIpc) is 3.20. The number of para-hydroxylation sites is 1. The van der Waals surface area contributed by atoms with Gasteiger partial charge in [0.2, 0.25) is 5.82 Å².